The van der Waals surface area contributed by atoms with Crippen molar-refractivity contribution in [3.8, 4) is 0 Å². The lowest BCUT2D eigenvalue weighted by molar-refractivity contribution is -0.0299. The molecule has 0 saturated heterocycles. The number of halogens is 2. The first-order valence-electron chi connectivity index (χ1n) is 6.60. The first-order valence-corrected chi connectivity index (χ1v) is 6.60. The molecular formula is C15H20F2O. The zero-order chi connectivity index (χ0) is 13.3. The van der Waals surface area contributed by atoms with Gasteiger partial charge in [-0.05, 0) is 55.2 Å². The van der Waals surface area contributed by atoms with Crippen LogP contribution in [0.15, 0.2) is 18.2 Å². The minimum absolute atomic E-state index is 0.380. The van der Waals surface area contributed by atoms with Gasteiger partial charge in [-0.2, -0.15) is 0 Å². The van der Waals surface area contributed by atoms with E-state index in [0.717, 1.165) is 18.9 Å². The Morgan fingerprint density at radius 2 is 1.83 bits per heavy atom. The van der Waals surface area contributed by atoms with Crippen molar-refractivity contribution >= 4 is 0 Å². The third kappa shape index (κ3) is 2.72. The van der Waals surface area contributed by atoms with Crippen molar-refractivity contribution in [1.29, 1.82) is 0 Å². The van der Waals surface area contributed by atoms with Crippen molar-refractivity contribution in [2.45, 2.75) is 45.1 Å². The zero-order valence-corrected chi connectivity index (χ0v) is 10.9. The van der Waals surface area contributed by atoms with E-state index in [2.05, 4.69) is 13.8 Å². The van der Waals surface area contributed by atoms with Crippen LogP contribution in [0.2, 0.25) is 0 Å². The molecule has 1 nitrogen and oxygen atoms in total. The predicted molar refractivity (Wildman–Crippen MR) is 67.1 cm³/mol. The van der Waals surface area contributed by atoms with Crippen molar-refractivity contribution in [2.75, 3.05) is 0 Å². The highest BCUT2D eigenvalue weighted by Gasteiger charge is 2.37. The number of benzene rings is 1. The molecule has 2 atom stereocenters. The molecule has 1 aliphatic rings. The highest BCUT2D eigenvalue weighted by Crippen LogP contribution is 2.42. The molecule has 3 heteroatoms. The molecule has 0 aliphatic heterocycles. The molecule has 1 fully saturated rings. The summed E-state index contributed by atoms with van der Waals surface area (Å²) in [5.41, 5.74) is -0.693. The summed E-state index contributed by atoms with van der Waals surface area (Å²) in [7, 11) is 0. The molecule has 0 heterocycles. The van der Waals surface area contributed by atoms with Gasteiger partial charge in [0.1, 0.15) is 11.6 Å². The normalized spacial score (nSPS) is 28.7. The maximum atomic E-state index is 13.3. The van der Waals surface area contributed by atoms with Crippen molar-refractivity contribution in [3.63, 3.8) is 0 Å². The van der Waals surface area contributed by atoms with Gasteiger partial charge in [-0.15, -0.1) is 0 Å². The molecule has 100 valence electrons. The Bertz CT molecular complexity index is 410. The van der Waals surface area contributed by atoms with Crippen molar-refractivity contribution in [3.05, 3.63) is 35.4 Å². The molecular weight excluding hydrogens is 234 g/mol. The molecule has 0 radical (unpaired) electrons. The Morgan fingerprint density at radius 1 is 1.22 bits per heavy atom. The first-order chi connectivity index (χ1) is 8.40. The molecule has 1 aliphatic carbocycles. The van der Waals surface area contributed by atoms with Crippen LogP contribution < -0.4 is 0 Å². The summed E-state index contributed by atoms with van der Waals surface area (Å²) in [5, 5.41) is 10.7. The highest BCUT2D eigenvalue weighted by atomic mass is 19.1. The van der Waals surface area contributed by atoms with E-state index in [4.69, 9.17) is 0 Å². The fourth-order valence-corrected chi connectivity index (χ4v) is 2.95. The fourth-order valence-electron chi connectivity index (χ4n) is 2.95. The molecule has 1 saturated carbocycles. The minimum atomic E-state index is -1.07. The van der Waals surface area contributed by atoms with E-state index in [9.17, 15) is 13.9 Å². The fraction of sp³-hybridized carbons (Fsp3) is 0.600. The highest BCUT2D eigenvalue weighted by molar-refractivity contribution is 5.25. The molecule has 2 unspecified atom stereocenters. The van der Waals surface area contributed by atoms with E-state index in [1.54, 1.807) is 0 Å². The molecule has 1 aromatic carbocycles. The largest absolute Gasteiger partial charge is 0.385 e. The maximum Gasteiger partial charge on any atom is 0.126 e. The van der Waals surface area contributed by atoms with Crippen LogP contribution in [0.4, 0.5) is 8.78 Å². The van der Waals surface area contributed by atoms with Gasteiger partial charge in [-0.1, -0.05) is 13.8 Å². The third-order valence-electron chi connectivity index (χ3n) is 4.11. The van der Waals surface area contributed by atoms with Crippen LogP contribution in [0.25, 0.3) is 0 Å². The van der Waals surface area contributed by atoms with Gasteiger partial charge in [0.25, 0.3) is 0 Å². The lowest BCUT2D eigenvalue weighted by Crippen LogP contribution is -2.34. The predicted octanol–water partition coefficient (Wildman–Crippen LogP) is 4.00. The second-order valence-corrected chi connectivity index (χ2v) is 5.79. The van der Waals surface area contributed by atoms with Crippen LogP contribution >= 0.6 is 0 Å². The summed E-state index contributed by atoms with van der Waals surface area (Å²) in [4.78, 5) is 0. The summed E-state index contributed by atoms with van der Waals surface area (Å²) < 4.78 is 26.5. The van der Waals surface area contributed by atoms with Crippen LogP contribution in [0.5, 0.6) is 0 Å². The van der Waals surface area contributed by atoms with Crippen LogP contribution in [-0.4, -0.2) is 5.11 Å². The van der Waals surface area contributed by atoms with Crippen molar-refractivity contribution in [2.24, 2.45) is 11.8 Å². The second-order valence-electron chi connectivity index (χ2n) is 5.79. The van der Waals surface area contributed by atoms with Gasteiger partial charge >= 0.3 is 0 Å². The lowest BCUT2D eigenvalue weighted by Gasteiger charge is -2.39. The Kier molecular flexibility index (Phi) is 3.71. The van der Waals surface area contributed by atoms with Crippen LogP contribution in [0, 0.1) is 23.5 Å². The van der Waals surface area contributed by atoms with Crippen molar-refractivity contribution < 1.29 is 13.9 Å². The number of aliphatic hydroxyl groups is 1. The molecule has 18 heavy (non-hydrogen) atoms. The zero-order valence-electron chi connectivity index (χ0n) is 10.9. The molecule has 0 amide bonds. The molecule has 2 rings (SSSR count). The van der Waals surface area contributed by atoms with Crippen LogP contribution in [-0.2, 0) is 5.60 Å². The molecule has 0 bridgehead atoms. The van der Waals surface area contributed by atoms with E-state index in [1.807, 2.05) is 0 Å². The summed E-state index contributed by atoms with van der Waals surface area (Å²) in [6, 6.07) is 3.35. The topological polar surface area (TPSA) is 20.2 Å². The summed E-state index contributed by atoms with van der Waals surface area (Å²) in [5.74, 6) is -0.347. The van der Waals surface area contributed by atoms with E-state index < -0.39 is 17.2 Å². The first kappa shape index (κ1) is 13.5. The molecule has 1 aromatic rings. The van der Waals surface area contributed by atoms with Gasteiger partial charge in [0.2, 0.25) is 0 Å². The van der Waals surface area contributed by atoms with Gasteiger partial charge in [-0.25, -0.2) is 8.78 Å². The maximum absolute atomic E-state index is 13.3. The van der Waals surface area contributed by atoms with Crippen LogP contribution in [0.3, 0.4) is 0 Å². The quantitative estimate of drug-likeness (QED) is 0.845. The van der Waals surface area contributed by atoms with Crippen molar-refractivity contribution in [1.82, 2.24) is 0 Å². The van der Waals surface area contributed by atoms with E-state index in [0.29, 0.717) is 30.2 Å². The Balaban J connectivity index is 2.29. The second kappa shape index (κ2) is 4.96. The molecule has 0 aromatic heterocycles. The number of hydrogen-bond donors (Lipinski definition) is 1. The number of rotatable bonds is 2. The van der Waals surface area contributed by atoms with E-state index in [1.165, 1.54) is 12.1 Å². The summed E-state index contributed by atoms with van der Waals surface area (Å²) in [6.07, 6.45) is 3.15. The van der Waals surface area contributed by atoms with E-state index >= 15 is 0 Å². The lowest BCUT2D eigenvalue weighted by atomic mass is 9.71. The molecule has 0 spiro atoms. The Morgan fingerprint density at radius 3 is 2.39 bits per heavy atom. The van der Waals surface area contributed by atoms with Crippen LogP contribution in [0.1, 0.15) is 45.1 Å². The van der Waals surface area contributed by atoms with E-state index in [-0.39, 0.29) is 0 Å². The monoisotopic (exact) mass is 254 g/mol. The van der Waals surface area contributed by atoms with Gasteiger partial charge < -0.3 is 5.11 Å². The average Bonchev–Trinajstić information content (AvgIpc) is 2.27. The van der Waals surface area contributed by atoms with Gasteiger partial charge in [0.15, 0.2) is 0 Å². The summed E-state index contributed by atoms with van der Waals surface area (Å²) in [6.45, 7) is 4.26. The van der Waals surface area contributed by atoms with Gasteiger partial charge in [-0.3, -0.25) is 0 Å². The standard InChI is InChI=1S/C15H20F2O/c1-10(2)11-4-3-5-15(18,9-11)12-6-13(16)8-14(17)7-12/h6-8,10-11,18H,3-5,9H2,1-2H3. The Hall–Kier alpha value is -0.960. The third-order valence-corrected chi connectivity index (χ3v) is 4.11. The SMILES string of the molecule is CC(C)C1CCCC(O)(c2cc(F)cc(F)c2)C1. The van der Waals surface area contributed by atoms with Gasteiger partial charge in [0, 0.05) is 6.07 Å². The minimum Gasteiger partial charge on any atom is -0.385 e. The smallest absolute Gasteiger partial charge is 0.126 e. The van der Waals surface area contributed by atoms with Gasteiger partial charge in [0.05, 0.1) is 5.60 Å². The summed E-state index contributed by atoms with van der Waals surface area (Å²) >= 11 is 0. The number of hydrogen-bond acceptors (Lipinski definition) is 1. The Labute approximate surface area is 107 Å². The average molecular weight is 254 g/mol. The molecule has 1 N–H and O–H groups in total.